The molecule has 2 heterocycles. The summed E-state index contributed by atoms with van der Waals surface area (Å²) < 4.78 is 1.90. The highest BCUT2D eigenvalue weighted by molar-refractivity contribution is 5.91. The zero-order chi connectivity index (χ0) is 17.8. The zero-order valence-electron chi connectivity index (χ0n) is 15.4. The molecule has 1 aromatic heterocycles. The van der Waals surface area contributed by atoms with Gasteiger partial charge in [-0.15, -0.1) is 0 Å². The molecule has 0 radical (unpaired) electrons. The molecule has 25 heavy (non-hydrogen) atoms. The van der Waals surface area contributed by atoms with E-state index < -0.39 is 0 Å². The number of benzene rings is 1. The molecule has 0 bridgehead atoms. The van der Waals surface area contributed by atoms with Gasteiger partial charge in [-0.3, -0.25) is 4.79 Å². The summed E-state index contributed by atoms with van der Waals surface area (Å²) in [5.74, 6) is 1.08. The van der Waals surface area contributed by atoms with Gasteiger partial charge in [0.05, 0.1) is 11.4 Å². The van der Waals surface area contributed by atoms with Crippen LogP contribution in [0.4, 0.5) is 5.69 Å². The third-order valence-corrected chi connectivity index (χ3v) is 5.03. The van der Waals surface area contributed by atoms with E-state index in [9.17, 15) is 4.79 Å². The standard InChI is InChI=1S/C20H28N4O/c1-14(17-6-5-9-21-13-17)10-20(25)22-18-7-4-8-19(12-18)24-16(3)11-15(2)23-24/h4,7-8,11-12,14,17,21H,5-6,9-10,13H2,1-3H3,(H,22,25). The van der Waals surface area contributed by atoms with E-state index in [0.29, 0.717) is 18.3 Å². The van der Waals surface area contributed by atoms with Crippen LogP contribution in [-0.4, -0.2) is 28.8 Å². The molecule has 1 fully saturated rings. The molecular weight excluding hydrogens is 312 g/mol. The Morgan fingerprint density at radius 3 is 2.92 bits per heavy atom. The zero-order valence-corrected chi connectivity index (χ0v) is 15.4. The van der Waals surface area contributed by atoms with Gasteiger partial charge in [0.1, 0.15) is 0 Å². The molecule has 2 N–H and O–H groups in total. The second-order valence-corrected chi connectivity index (χ2v) is 7.23. The molecular formula is C20H28N4O. The summed E-state index contributed by atoms with van der Waals surface area (Å²) in [5.41, 5.74) is 3.86. The number of piperidine rings is 1. The van der Waals surface area contributed by atoms with Crippen molar-refractivity contribution in [2.75, 3.05) is 18.4 Å². The summed E-state index contributed by atoms with van der Waals surface area (Å²) >= 11 is 0. The monoisotopic (exact) mass is 340 g/mol. The highest BCUT2D eigenvalue weighted by Gasteiger charge is 2.22. The average molecular weight is 340 g/mol. The Hall–Kier alpha value is -2.14. The van der Waals surface area contributed by atoms with Crippen LogP contribution in [0, 0.1) is 25.7 Å². The Morgan fingerprint density at radius 2 is 2.24 bits per heavy atom. The van der Waals surface area contributed by atoms with Crippen LogP contribution in [0.3, 0.4) is 0 Å². The average Bonchev–Trinajstić information content (AvgIpc) is 2.94. The number of rotatable bonds is 5. The molecule has 0 spiro atoms. The maximum Gasteiger partial charge on any atom is 0.224 e. The minimum atomic E-state index is 0.0867. The van der Waals surface area contributed by atoms with E-state index in [0.717, 1.165) is 35.9 Å². The molecule has 5 nitrogen and oxygen atoms in total. The van der Waals surface area contributed by atoms with Gasteiger partial charge in [0.2, 0.25) is 5.91 Å². The quantitative estimate of drug-likeness (QED) is 0.876. The van der Waals surface area contributed by atoms with Crippen LogP contribution in [0.25, 0.3) is 5.69 Å². The van der Waals surface area contributed by atoms with Gasteiger partial charge in [-0.05, 0) is 75.9 Å². The van der Waals surface area contributed by atoms with Crippen LogP contribution >= 0.6 is 0 Å². The summed E-state index contributed by atoms with van der Waals surface area (Å²) in [5, 5.41) is 11.0. The van der Waals surface area contributed by atoms with Crippen molar-refractivity contribution in [1.29, 1.82) is 0 Å². The fourth-order valence-electron chi connectivity index (χ4n) is 3.64. The first-order chi connectivity index (χ1) is 12.0. The molecule has 134 valence electrons. The first-order valence-corrected chi connectivity index (χ1v) is 9.17. The lowest BCUT2D eigenvalue weighted by Crippen LogP contribution is -2.34. The Kier molecular flexibility index (Phi) is 5.53. The fourth-order valence-corrected chi connectivity index (χ4v) is 3.64. The molecule has 0 saturated carbocycles. The Bertz CT molecular complexity index is 731. The number of carbonyl (C=O) groups is 1. The first-order valence-electron chi connectivity index (χ1n) is 9.17. The van der Waals surface area contributed by atoms with E-state index in [1.807, 2.05) is 48.9 Å². The molecule has 1 aliphatic rings. The highest BCUT2D eigenvalue weighted by Crippen LogP contribution is 2.23. The highest BCUT2D eigenvalue weighted by atomic mass is 16.1. The van der Waals surface area contributed by atoms with Gasteiger partial charge in [-0.1, -0.05) is 13.0 Å². The van der Waals surface area contributed by atoms with Crippen LogP contribution < -0.4 is 10.6 Å². The van der Waals surface area contributed by atoms with Gasteiger partial charge in [0, 0.05) is 17.8 Å². The van der Waals surface area contributed by atoms with Crippen LogP contribution in [-0.2, 0) is 4.79 Å². The minimum Gasteiger partial charge on any atom is -0.326 e. The Balaban J connectivity index is 1.63. The summed E-state index contributed by atoms with van der Waals surface area (Å²) in [6.45, 7) is 8.34. The number of nitrogens with zero attached hydrogens (tertiary/aromatic N) is 2. The summed E-state index contributed by atoms with van der Waals surface area (Å²) in [7, 11) is 0. The number of hydrogen-bond donors (Lipinski definition) is 2. The van der Waals surface area contributed by atoms with Crippen molar-refractivity contribution in [3.8, 4) is 5.69 Å². The molecule has 1 aromatic carbocycles. The molecule has 2 atom stereocenters. The van der Waals surface area contributed by atoms with Crippen molar-refractivity contribution < 1.29 is 4.79 Å². The summed E-state index contributed by atoms with van der Waals surface area (Å²) in [4.78, 5) is 12.4. The molecule has 2 aromatic rings. The predicted molar refractivity (Wildman–Crippen MR) is 101 cm³/mol. The van der Waals surface area contributed by atoms with Gasteiger partial charge in [0.15, 0.2) is 0 Å². The van der Waals surface area contributed by atoms with Gasteiger partial charge >= 0.3 is 0 Å². The van der Waals surface area contributed by atoms with Gasteiger partial charge < -0.3 is 10.6 Å². The van der Waals surface area contributed by atoms with Crippen LogP contribution in [0.1, 0.15) is 37.6 Å². The SMILES string of the molecule is Cc1cc(C)n(-c2cccc(NC(=O)CC(C)C3CCCNC3)c2)n1. The molecule has 0 aliphatic carbocycles. The third kappa shape index (κ3) is 4.48. The van der Waals surface area contributed by atoms with Crippen molar-refractivity contribution in [2.45, 2.75) is 40.0 Å². The van der Waals surface area contributed by atoms with Crippen molar-refractivity contribution in [3.63, 3.8) is 0 Å². The molecule has 3 rings (SSSR count). The van der Waals surface area contributed by atoms with E-state index in [4.69, 9.17) is 0 Å². The van der Waals surface area contributed by atoms with Gasteiger partial charge in [-0.25, -0.2) is 4.68 Å². The van der Waals surface area contributed by atoms with Crippen molar-refractivity contribution >= 4 is 11.6 Å². The van der Waals surface area contributed by atoms with Gasteiger partial charge in [-0.2, -0.15) is 5.10 Å². The lowest BCUT2D eigenvalue weighted by molar-refractivity contribution is -0.117. The number of anilines is 1. The van der Waals surface area contributed by atoms with Crippen molar-refractivity contribution in [2.24, 2.45) is 11.8 Å². The number of carbonyl (C=O) groups excluding carboxylic acids is 1. The molecule has 5 heteroatoms. The summed E-state index contributed by atoms with van der Waals surface area (Å²) in [6.07, 6.45) is 2.99. The smallest absolute Gasteiger partial charge is 0.224 e. The van der Waals surface area contributed by atoms with E-state index in [1.54, 1.807) is 0 Å². The fraction of sp³-hybridized carbons (Fsp3) is 0.500. The maximum absolute atomic E-state index is 12.4. The lowest BCUT2D eigenvalue weighted by Gasteiger charge is -2.28. The number of aromatic nitrogens is 2. The summed E-state index contributed by atoms with van der Waals surface area (Å²) in [6, 6.07) is 9.91. The van der Waals surface area contributed by atoms with Crippen LogP contribution in [0.5, 0.6) is 0 Å². The third-order valence-electron chi connectivity index (χ3n) is 5.03. The Labute approximate surface area is 149 Å². The topological polar surface area (TPSA) is 59.0 Å². The molecule has 1 aliphatic heterocycles. The number of amides is 1. The maximum atomic E-state index is 12.4. The van der Waals surface area contributed by atoms with E-state index >= 15 is 0 Å². The Morgan fingerprint density at radius 1 is 1.40 bits per heavy atom. The van der Waals surface area contributed by atoms with Crippen LogP contribution in [0.15, 0.2) is 30.3 Å². The number of aryl methyl sites for hydroxylation is 2. The number of nitrogens with one attached hydrogen (secondary N) is 2. The predicted octanol–water partition coefficient (Wildman–Crippen LogP) is 3.45. The minimum absolute atomic E-state index is 0.0867. The molecule has 1 saturated heterocycles. The van der Waals surface area contributed by atoms with Crippen molar-refractivity contribution in [1.82, 2.24) is 15.1 Å². The second kappa shape index (κ2) is 7.83. The van der Waals surface area contributed by atoms with Crippen LogP contribution in [0.2, 0.25) is 0 Å². The normalized spacial score (nSPS) is 18.8. The second-order valence-electron chi connectivity index (χ2n) is 7.23. The van der Waals surface area contributed by atoms with Crippen molar-refractivity contribution in [3.05, 3.63) is 41.7 Å². The largest absolute Gasteiger partial charge is 0.326 e. The first kappa shape index (κ1) is 17.7. The van der Waals surface area contributed by atoms with E-state index in [1.165, 1.54) is 12.8 Å². The van der Waals surface area contributed by atoms with E-state index in [2.05, 4.69) is 22.7 Å². The van der Waals surface area contributed by atoms with E-state index in [-0.39, 0.29) is 5.91 Å². The van der Waals surface area contributed by atoms with Gasteiger partial charge in [0.25, 0.3) is 0 Å². The molecule has 2 unspecified atom stereocenters. The number of hydrogen-bond acceptors (Lipinski definition) is 3. The molecule has 1 amide bonds. The lowest BCUT2D eigenvalue weighted by atomic mass is 9.85.